The van der Waals surface area contributed by atoms with Crippen LogP contribution in [0.15, 0.2) is 41.3 Å². The Labute approximate surface area is 271 Å². The predicted molar refractivity (Wildman–Crippen MR) is 167 cm³/mol. The number of aromatic nitrogens is 2. The molecular formula is C29H43ClN6O10. The van der Waals surface area contributed by atoms with Gasteiger partial charge in [-0.2, -0.15) is 4.98 Å². The lowest BCUT2D eigenvalue weighted by Crippen LogP contribution is -2.63. The van der Waals surface area contributed by atoms with Crippen LogP contribution in [0.1, 0.15) is 43.8 Å². The van der Waals surface area contributed by atoms with Gasteiger partial charge in [-0.15, -0.1) is 12.4 Å². The molecule has 10 unspecified atom stereocenters. The molecule has 3 heterocycles. The molecule has 10 atom stereocenters. The Morgan fingerprint density at radius 3 is 2.30 bits per heavy atom. The quantitative estimate of drug-likeness (QED) is 0.170. The fourth-order valence-corrected chi connectivity index (χ4v) is 5.36. The third-order valence-corrected chi connectivity index (χ3v) is 7.99. The monoisotopic (exact) mass is 670 g/mol. The molecule has 0 spiro atoms. The van der Waals surface area contributed by atoms with Crippen molar-refractivity contribution in [1.29, 1.82) is 0 Å². The Hall–Kier alpha value is -3.03. The zero-order valence-electron chi connectivity index (χ0n) is 26.1. The van der Waals surface area contributed by atoms with Gasteiger partial charge in [0.05, 0.1) is 31.0 Å². The number of benzene rings is 1. The molecule has 2 aromatic rings. The van der Waals surface area contributed by atoms with Gasteiger partial charge in [-0.3, -0.25) is 14.2 Å². The number of likely N-dealkylation sites (N-methyl/N-ethyl adjacent to an activating group) is 1. The molecule has 256 valence electrons. The van der Waals surface area contributed by atoms with Gasteiger partial charge >= 0.3 is 5.69 Å². The van der Waals surface area contributed by atoms with E-state index in [0.29, 0.717) is 5.69 Å². The average molecular weight is 671 g/mol. The van der Waals surface area contributed by atoms with Gasteiger partial charge in [0.2, 0.25) is 5.91 Å². The van der Waals surface area contributed by atoms with Gasteiger partial charge in [-0.05, 0) is 65.2 Å². The normalized spacial score (nSPS) is 31.0. The number of rotatable bonds is 9. The first kappa shape index (κ1) is 37.4. The lowest BCUT2D eigenvalue weighted by Gasteiger charge is -2.46. The number of aliphatic hydroxyl groups is 4. The van der Waals surface area contributed by atoms with Crippen LogP contribution in [0.5, 0.6) is 0 Å². The number of hydrogen-bond acceptors (Lipinski definition) is 13. The molecule has 4 rings (SSSR count). The first-order valence-corrected chi connectivity index (χ1v) is 14.5. The highest BCUT2D eigenvalue weighted by Gasteiger charge is 2.47. The number of nitrogens with one attached hydrogen (secondary N) is 2. The van der Waals surface area contributed by atoms with E-state index >= 15 is 0 Å². The van der Waals surface area contributed by atoms with Crippen molar-refractivity contribution in [1.82, 2.24) is 14.5 Å². The first-order chi connectivity index (χ1) is 21.1. The molecule has 1 aromatic heterocycles. The molecule has 46 heavy (non-hydrogen) atoms. The van der Waals surface area contributed by atoms with Crippen LogP contribution >= 0.6 is 12.4 Å². The Morgan fingerprint density at radius 1 is 1.09 bits per heavy atom. The molecule has 17 heteroatoms. The molecule has 2 aliphatic heterocycles. The summed E-state index contributed by atoms with van der Waals surface area (Å²) in [5.74, 6) is -1.17. The van der Waals surface area contributed by atoms with Gasteiger partial charge in [0, 0.05) is 23.9 Å². The van der Waals surface area contributed by atoms with Crippen molar-refractivity contribution in [3.8, 4) is 0 Å². The molecule has 2 saturated heterocycles. The number of ether oxygens (including phenoxy) is 3. The van der Waals surface area contributed by atoms with Crippen LogP contribution in [0.25, 0.3) is 0 Å². The molecule has 2 amide bonds. The van der Waals surface area contributed by atoms with Gasteiger partial charge in [0.15, 0.2) is 6.29 Å². The summed E-state index contributed by atoms with van der Waals surface area (Å²) >= 11 is 0. The lowest BCUT2D eigenvalue weighted by atomic mass is 9.95. The van der Waals surface area contributed by atoms with Crippen LogP contribution in [0, 0.1) is 0 Å². The largest absolute Gasteiger partial charge is 0.394 e. The molecule has 8 N–H and O–H groups in total. The van der Waals surface area contributed by atoms with Crippen molar-refractivity contribution in [3.63, 3.8) is 0 Å². The lowest BCUT2D eigenvalue weighted by molar-refractivity contribution is -0.322. The number of nitrogens with zero attached hydrogens (tertiary/aromatic N) is 3. The minimum atomic E-state index is -1.47. The molecular weight excluding hydrogens is 628 g/mol. The summed E-state index contributed by atoms with van der Waals surface area (Å²) in [6.07, 6.45) is -6.52. The van der Waals surface area contributed by atoms with E-state index in [1.807, 2.05) is 0 Å². The number of aliphatic hydroxyl groups excluding tert-OH is 4. The van der Waals surface area contributed by atoms with Crippen molar-refractivity contribution < 1.29 is 44.2 Å². The van der Waals surface area contributed by atoms with Crippen molar-refractivity contribution in [2.75, 3.05) is 31.3 Å². The summed E-state index contributed by atoms with van der Waals surface area (Å²) in [6.45, 7) is 4.23. The smallest absolute Gasteiger partial charge is 0.351 e. The van der Waals surface area contributed by atoms with Crippen LogP contribution in [0.2, 0.25) is 0 Å². The molecule has 0 saturated carbocycles. The first-order valence-electron chi connectivity index (χ1n) is 14.5. The number of carbonyl (C=O) groups excluding carboxylic acids is 2. The van der Waals surface area contributed by atoms with Crippen LogP contribution in [0.4, 0.5) is 11.5 Å². The summed E-state index contributed by atoms with van der Waals surface area (Å²) in [5, 5.41) is 46.5. The maximum absolute atomic E-state index is 12.9. The predicted octanol–water partition coefficient (Wildman–Crippen LogP) is -0.984. The SMILES string of the molecule is CC1OC(n2ccc(NC(=O)c3ccc(NC(=O)C(C)(N)CO)cc3)nc2=O)CC(O)C1OC1OC(C)C(N(C)C)C(O)C1O.Cl. The molecule has 2 aliphatic rings. The second-order valence-electron chi connectivity index (χ2n) is 11.9. The highest BCUT2D eigenvalue weighted by Crippen LogP contribution is 2.32. The van der Waals surface area contributed by atoms with Crippen LogP contribution in [0.3, 0.4) is 0 Å². The number of anilines is 2. The summed E-state index contributed by atoms with van der Waals surface area (Å²) in [7, 11) is 3.53. The third-order valence-electron chi connectivity index (χ3n) is 7.99. The standard InChI is InChI=1S/C29H42N6O10.ClH/c1-14-21(34(4)5)22(38)23(39)26(44-14)45-24-15(2)43-20(12-18(24)37)35-11-10-19(33-28(35)42)32-25(40)16-6-8-17(9-7-16)31-27(41)29(3,30)13-36;/h6-11,14-15,18,20-24,26,36-39H,12-13,30H2,1-5H3,(H,31,41)(H,32,33,40,42);1H. The van der Waals surface area contributed by atoms with Gasteiger partial charge in [-0.25, -0.2) is 4.79 Å². The van der Waals surface area contributed by atoms with E-state index in [9.17, 15) is 34.8 Å². The molecule has 1 aromatic carbocycles. The Balaban J connectivity index is 0.00000576. The Kier molecular flexibility index (Phi) is 12.4. The number of amides is 2. The van der Waals surface area contributed by atoms with Crippen molar-refractivity contribution in [3.05, 3.63) is 52.6 Å². The maximum Gasteiger partial charge on any atom is 0.351 e. The second-order valence-corrected chi connectivity index (χ2v) is 11.9. The van der Waals surface area contributed by atoms with E-state index in [4.69, 9.17) is 19.9 Å². The number of hydrogen-bond donors (Lipinski definition) is 7. The molecule has 2 fully saturated rings. The van der Waals surface area contributed by atoms with Crippen LogP contribution in [-0.2, 0) is 19.0 Å². The van der Waals surface area contributed by atoms with Gasteiger partial charge in [-0.1, -0.05) is 0 Å². The van der Waals surface area contributed by atoms with Crippen molar-refractivity contribution in [2.45, 2.75) is 87.9 Å². The van der Waals surface area contributed by atoms with Crippen LogP contribution in [-0.4, -0.2) is 122 Å². The number of nitrogens with two attached hydrogens (primary N) is 1. The zero-order valence-corrected chi connectivity index (χ0v) is 27.0. The highest BCUT2D eigenvalue weighted by molar-refractivity contribution is 6.04. The average Bonchev–Trinajstić information content (AvgIpc) is 2.97. The van der Waals surface area contributed by atoms with E-state index in [-0.39, 0.29) is 30.2 Å². The Morgan fingerprint density at radius 2 is 1.74 bits per heavy atom. The maximum atomic E-state index is 12.9. The minimum Gasteiger partial charge on any atom is -0.394 e. The number of halogens is 1. The fourth-order valence-electron chi connectivity index (χ4n) is 5.36. The Bertz CT molecular complexity index is 1400. The van der Waals surface area contributed by atoms with E-state index in [0.717, 1.165) is 0 Å². The summed E-state index contributed by atoms with van der Waals surface area (Å²) in [6, 6.07) is 6.83. The van der Waals surface area contributed by atoms with Crippen LogP contribution < -0.4 is 22.1 Å². The summed E-state index contributed by atoms with van der Waals surface area (Å²) < 4.78 is 18.9. The highest BCUT2D eigenvalue weighted by atomic mass is 35.5. The van der Waals surface area contributed by atoms with E-state index < -0.39 is 84.8 Å². The van der Waals surface area contributed by atoms with Gasteiger partial charge in [0.1, 0.15) is 35.9 Å². The van der Waals surface area contributed by atoms with E-state index in [1.165, 1.54) is 48.0 Å². The molecule has 0 aliphatic carbocycles. The van der Waals surface area contributed by atoms with Crippen molar-refractivity contribution >= 4 is 35.7 Å². The minimum absolute atomic E-state index is 0. The molecule has 0 bridgehead atoms. The van der Waals surface area contributed by atoms with E-state index in [2.05, 4.69) is 15.6 Å². The second kappa shape index (κ2) is 15.2. The van der Waals surface area contributed by atoms with Gasteiger partial charge in [0.25, 0.3) is 5.91 Å². The topological polar surface area (TPSA) is 231 Å². The summed E-state index contributed by atoms with van der Waals surface area (Å²) in [5.41, 5.74) is 4.10. The number of carbonyl (C=O) groups is 2. The molecule has 0 radical (unpaired) electrons. The van der Waals surface area contributed by atoms with Gasteiger partial charge < -0.3 is 55.9 Å². The molecule has 16 nitrogen and oxygen atoms in total. The third kappa shape index (κ3) is 8.27. The fraction of sp³-hybridized carbons (Fsp3) is 0.586. The summed E-state index contributed by atoms with van der Waals surface area (Å²) in [4.78, 5) is 43.4. The zero-order chi connectivity index (χ0) is 33.2. The van der Waals surface area contributed by atoms with Crippen molar-refractivity contribution in [2.24, 2.45) is 5.73 Å². The van der Waals surface area contributed by atoms with E-state index in [1.54, 1.807) is 32.8 Å².